The third kappa shape index (κ3) is 5.05. The summed E-state index contributed by atoms with van der Waals surface area (Å²) in [5, 5.41) is 3.20. The van der Waals surface area contributed by atoms with Crippen molar-refractivity contribution in [3.05, 3.63) is 47.0 Å². The monoisotopic (exact) mass is 412 g/mol. The lowest BCUT2D eigenvalue weighted by atomic mass is 10.2. The van der Waals surface area contributed by atoms with E-state index in [1.54, 1.807) is 37.3 Å². The molecule has 0 aliphatic rings. The van der Waals surface area contributed by atoms with E-state index < -0.39 is 22.5 Å². The first-order valence-electron chi connectivity index (χ1n) is 7.92. The van der Waals surface area contributed by atoms with Crippen molar-refractivity contribution in [1.82, 2.24) is 0 Å². The van der Waals surface area contributed by atoms with Gasteiger partial charge in [0.1, 0.15) is 6.54 Å². The van der Waals surface area contributed by atoms with Crippen molar-refractivity contribution in [3.8, 4) is 11.5 Å². The summed E-state index contributed by atoms with van der Waals surface area (Å²) >= 11 is 6.05. The first kappa shape index (κ1) is 20.9. The molecule has 27 heavy (non-hydrogen) atoms. The van der Waals surface area contributed by atoms with Gasteiger partial charge in [0.05, 0.1) is 26.2 Å². The molecule has 9 heteroatoms. The van der Waals surface area contributed by atoms with Crippen molar-refractivity contribution in [2.45, 2.75) is 6.92 Å². The van der Waals surface area contributed by atoms with Gasteiger partial charge < -0.3 is 14.8 Å². The zero-order chi connectivity index (χ0) is 20.2. The molecule has 0 heterocycles. The number of hydrogen-bond acceptors (Lipinski definition) is 5. The fourth-order valence-electron chi connectivity index (χ4n) is 2.44. The zero-order valence-electron chi connectivity index (χ0n) is 15.4. The number of hydrogen-bond donors (Lipinski definition) is 1. The first-order chi connectivity index (χ1) is 12.7. The van der Waals surface area contributed by atoms with E-state index in [2.05, 4.69) is 5.32 Å². The molecule has 0 aliphatic carbocycles. The van der Waals surface area contributed by atoms with Crippen LogP contribution in [0.5, 0.6) is 11.5 Å². The number of methoxy groups -OCH3 is 2. The number of nitrogens with one attached hydrogen (secondary N) is 1. The lowest BCUT2D eigenvalue weighted by molar-refractivity contribution is -0.114. The van der Waals surface area contributed by atoms with Crippen molar-refractivity contribution >= 4 is 38.9 Å². The number of carbonyl (C=O) groups is 1. The van der Waals surface area contributed by atoms with Gasteiger partial charge in [-0.1, -0.05) is 17.7 Å². The molecule has 0 radical (unpaired) electrons. The molecule has 146 valence electrons. The molecule has 2 rings (SSSR count). The van der Waals surface area contributed by atoms with Crippen LogP contribution in [0.1, 0.15) is 5.56 Å². The topological polar surface area (TPSA) is 84.9 Å². The maximum Gasteiger partial charge on any atom is 0.245 e. The lowest BCUT2D eigenvalue weighted by Gasteiger charge is -2.23. The molecular weight excluding hydrogens is 392 g/mol. The van der Waals surface area contributed by atoms with Crippen molar-refractivity contribution in [2.24, 2.45) is 0 Å². The third-order valence-corrected chi connectivity index (χ3v) is 5.43. The summed E-state index contributed by atoms with van der Waals surface area (Å²) in [5.74, 6) is 0.309. The summed E-state index contributed by atoms with van der Waals surface area (Å²) in [5.41, 5.74) is 1.51. The van der Waals surface area contributed by atoms with Crippen LogP contribution in [0.2, 0.25) is 5.02 Å². The number of ether oxygens (including phenoxy) is 2. The number of nitrogens with zero attached hydrogens (tertiary/aromatic N) is 1. The van der Waals surface area contributed by atoms with Gasteiger partial charge in [-0.2, -0.15) is 0 Å². The van der Waals surface area contributed by atoms with Gasteiger partial charge in [0, 0.05) is 16.8 Å². The highest BCUT2D eigenvalue weighted by atomic mass is 35.5. The van der Waals surface area contributed by atoms with E-state index >= 15 is 0 Å². The van der Waals surface area contributed by atoms with Crippen molar-refractivity contribution < 1.29 is 22.7 Å². The van der Waals surface area contributed by atoms with Crippen LogP contribution in [-0.4, -0.2) is 41.3 Å². The van der Waals surface area contributed by atoms with Gasteiger partial charge in [0.25, 0.3) is 0 Å². The van der Waals surface area contributed by atoms with E-state index in [0.29, 0.717) is 27.8 Å². The van der Waals surface area contributed by atoms with Gasteiger partial charge in [0.2, 0.25) is 15.9 Å². The van der Waals surface area contributed by atoms with E-state index in [-0.39, 0.29) is 5.69 Å². The van der Waals surface area contributed by atoms with E-state index in [1.807, 2.05) is 0 Å². The van der Waals surface area contributed by atoms with Gasteiger partial charge in [-0.05, 0) is 36.8 Å². The number of anilines is 2. The number of benzene rings is 2. The standard InChI is InChI=1S/C18H21ClN2O5S/c1-12-14(19)6-5-7-15(12)20-18(22)11-21(27(4,23)24)13-8-9-16(25-2)17(10-13)26-3/h5-10H,11H2,1-4H3,(H,20,22). The van der Waals surface area contributed by atoms with E-state index in [4.69, 9.17) is 21.1 Å². The Hall–Kier alpha value is -2.45. The molecule has 2 aromatic rings. The van der Waals surface area contributed by atoms with E-state index in [9.17, 15) is 13.2 Å². The van der Waals surface area contributed by atoms with Crippen LogP contribution in [0.25, 0.3) is 0 Å². The Bertz CT molecular complexity index is 947. The molecule has 2 aromatic carbocycles. The molecule has 0 aliphatic heterocycles. The molecule has 1 amide bonds. The normalized spacial score (nSPS) is 11.0. The highest BCUT2D eigenvalue weighted by molar-refractivity contribution is 7.92. The molecule has 0 atom stereocenters. The van der Waals surface area contributed by atoms with Crippen LogP contribution in [0.15, 0.2) is 36.4 Å². The number of halogens is 1. The summed E-state index contributed by atoms with van der Waals surface area (Å²) in [4.78, 5) is 12.5. The van der Waals surface area contributed by atoms with Crippen molar-refractivity contribution in [1.29, 1.82) is 0 Å². The van der Waals surface area contributed by atoms with Crippen LogP contribution in [0, 0.1) is 6.92 Å². The molecule has 0 bridgehead atoms. The quantitative estimate of drug-likeness (QED) is 0.755. The third-order valence-electron chi connectivity index (χ3n) is 3.88. The molecule has 0 fully saturated rings. The van der Waals surface area contributed by atoms with Crippen LogP contribution in [-0.2, 0) is 14.8 Å². The minimum Gasteiger partial charge on any atom is -0.493 e. The van der Waals surface area contributed by atoms with Gasteiger partial charge in [-0.15, -0.1) is 0 Å². The van der Waals surface area contributed by atoms with E-state index in [0.717, 1.165) is 10.6 Å². The summed E-state index contributed by atoms with van der Waals surface area (Å²) in [6.45, 7) is 1.36. The van der Waals surface area contributed by atoms with Gasteiger partial charge in [0.15, 0.2) is 11.5 Å². The Balaban J connectivity index is 2.30. The molecule has 0 saturated heterocycles. The van der Waals surface area contributed by atoms with E-state index in [1.165, 1.54) is 20.3 Å². The average molecular weight is 413 g/mol. The number of amides is 1. The Labute approximate surface area is 163 Å². The zero-order valence-corrected chi connectivity index (χ0v) is 17.0. The molecule has 0 saturated carbocycles. The minimum atomic E-state index is -3.72. The predicted octanol–water partition coefficient (Wildman–Crippen LogP) is 3.07. The lowest BCUT2D eigenvalue weighted by Crippen LogP contribution is -2.37. The maximum absolute atomic E-state index is 12.5. The highest BCUT2D eigenvalue weighted by Gasteiger charge is 2.22. The molecule has 7 nitrogen and oxygen atoms in total. The number of rotatable bonds is 7. The molecule has 0 unspecified atom stereocenters. The summed E-state index contributed by atoms with van der Waals surface area (Å²) in [6, 6.07) is 9.72. The Morgan fingerprint density at radius 3 is 2.41 bits per heavy atom. The van der Waals surface area contributed by atoms with Gasteiger partial charge in [-0.3, -0.25) is 9.10 Å². The van der Waals surface area contributed by atoms with Crippen LogP contribution in [0.4, 0.5) is 11.4 Å². The predicted molar refractivity (Wildman–Crippen MR) is 107 cm³/mol. The fraction of sp³-hybridized carbons (Fsp3) is 0.278. The van der Waals surface area contributed by atoms with Crippen molar-refractivity contribution in [3.63, 3.8) is 0 Å². The minimum absolute atomic E-state index is 0.285. The van der Waals surface area contributed by atoms with Gasteiger partial charge in [-0.25, -0.2) is 8.42 Å². The summed E-state index contributed by atoms with van der Waals surface area (Å²) < 4.78 is 35.8. The molecule has 1 N–H and O–H groups in total. The number of carbonyl (C=O) groups excluding carboxylic acids is 1. The van der Waals surface area contributed by atoms with Crippen molar-refractivity contribution in [2.75, 3.05) is 36.6 Å². The summed E-state index contributed by atoms with van der Waals surface area (Å²) in [7, 11) is -0.794. The highest BCUT2D eigenvalue weighted by Crippen LogP contribution is 2.32. The Morgan fingerprint density at radius 2 is 1.81 bits per heavy atom. The largest absolute Gasteiger partial charge is 0.493 e. The maximum atomic E-state index is 12.5. The first-order valence-corrected chi connectivity index (χ1v) is 10.1. The second-order valence-corrected chi connectivity index (χ2v) is 8.08. The van der Waals surface area contributed by atoms with Gasteiger partial charge >= 0.3 is 0 Å². The Morgan fingerprint density at radius 1 is 1.15 bits per heavy atom. The number of sulfonamides is 1. The molecular formula is C18H21ClN2O5S. The fourth-order valence-corrected chi connectivity index (χ4v) is 3.47. The van der Waals surface area contributed by atoms with Crippen LogP contribution < -0.4 is 19.1 Å². The second-order valence-electron chi connectivity index (χ2n) is 5.77. The summed E-state index contributed by atoms with van der Waals surface area (Å²) in [6.07, 6.45) is 1.03. The smallest absolute Gasteiger partial charge is 0.245 e. The molecule has 0 spiro atoms. The molecule has 0 aromatic heterocycles. The second kappa shape index (κ2) is 8.49. The SMILES string of the molecule is COc1ccc(N(CC(=O)Nc2cccc(Cl)c2C)S(C)(=O)=O)cc1OC. The average Bonchev–Trinajstić information content (AvgIpc) is 2.62. The van der Waals surface area contributed by atoms with Crippen LogP contribution in [0.3, 0.4) is 0 Å². The Kier molecular flexibility index (Phi) is 6.56. The van der Waals surface area contributed by atoms with Crippen LogP contribution >= 0.6 is 11.6 Å².